The molecule has 120 valence electrons. The van der Waals surface area contributed by atoms with E-state index < -0.39 is 7.60 Å². The summed E-state index contributed by atoms with van der Waals surface area (Å²) < 4.78 is 24.8. The first-order valence-corrected chi connectivity index (χ1v) is 9.63. The summed E-state index contributed by atoms with van der Waals surface area (Å²) in [6.45, 7) is 5.10. The predicted molar refractivity (Wildman–Crippen MR) is 92.9 cm³/mol. The van der Waals surface area contributed by atoms with Gasteiger partial charge in [0.25, 0.3) is 0 Å². The van der Waals surface area contributed by atoms with Gasteiger partial charge in [0.15, 0.2) is 0 Å². The van der Waals surface area contributed by atoms with E-state index in [1.807, 2.05) is 42.5 Å². The maximum atomic E-state index is 13.3. The molecule has 0 aliphatic heterocycles. The summed E-state index contributed by atoms with van der Waals surface area (Å²) in [5.74, 6) is 0. The number of unbranched alkanes of at least 4 members (excludes halogenated alkanes) is 2. The Morgan fingerprint density at radius 3 is 2.09 bits per heavy atom. The predicted octanol–water partition coefficient (Wildman–Crippen LogP) is 5.29. The summed E-state index contributed by atoms with van der Waals surface area (Å²) in [6.07, 6.45) is 3.77. The van der Waals surface area contributed by atoms with Gasteiger partial charge in [-0.05, 0) is 29.7 Å². The van der Waals surface area contributed by atoms with Crippen LogP contribution in [0.4, 0.5) is 0 Å². The van der Waals surface area contributed by atoms with Crippen molar-refractivity contribution in [3.63, 3.8) is 0 Å². The summed E-state index contributed by atoms with van der Waals surface area (Å²) >= 11 is 0. The van der Waals surface area contributed by atoms with Gasteiger partial charge in [-0.2, -0.15) is 0 Å². The van der Waals surface area contributed by atoms with Gasteiger partial charge in [-0.3, -0.25) is 4.57 Å². The molecule has 0 radical (unpaired) electrons. The summed E-state index contributed by atoms with van der Waals surface area (Å²) in [7, 11) is -3.28. The Morgan fingerprint density at radius 1 is 0.864 bits per heavy atom. The smallest absolute Gasteiger partial charge is 0.305 e. The Labute approximate surface area is 133 Å². The van der Waals surface area contributed by atoms with Crippen LogP contribution in [-0.4, -0.2) is 13.2 Å². The first-order valence-electron chi connectivity index (χ1n) is 8.08. The van der Waals surface area contributed by atoms with Crippen molar-refractivity contribution in [3.05, 3.63) is 42.5 Å². The molecule has 0 unspecified atom stereocenters. The van der Waals surface area contributed by atoms with Crippen LogP contribution in [0.5, 0.6) is 0 Å². The van der Waals surface area contributed by atoms with Gasteiger partial charge >= 0.3 is 7.60 Å². The van der Waals surface area contributed by atoms with E-state index in [0.717, 1.165) is 36.5 Å². The molecule has 0 heterocycles. The van der Waals surface area contributed by atoms with Gasteiger partial charge in [-0.1, -0.05) is 63.1 Å². The average Bonchev–Trinajstić information content (AvgIpc) is 2.55. The molecule has 0 N–H and O–H groups in total. The number of rotatable bonds is 9. The van der Waals surface area contributed by atoms with Gasteiger partial charge in [0.1, 0.15) is 0 Å². The van der Waals surface area contributed by atoms with Crippen molar-refractivity contribution in [1.82, 2.24) is 0 Å². The second kappa shape index (κ2) is 8.47. The van der Waals surface area contributed by atoms with Crippen LogP contribution in [-0.2, 0) is 13.6 Å². The topological polar surface area (TPSA) is 35.5 Å². The lowest BCUT2D eigenvalue weighted by Gasteiger charge is -2.20. The lowest BCUT2D eigenvalue weighted by molar-refractivity contribution is 0.209. The Bertz CT molecular complexity index is 620. The molecule has 0 spiro atoms. The number of fused-ring (bicyclic) bond motifs is 1. The van der Waals surface area contributed by atoms with Gasteiger partial charge in [0.2, 0.25) is 0 Å². The first-order chi connectivity index (χ1) is 10.7. The third-order valence-corrected chi connectivity index (χ3v) is 5.60. The van der Waals surface area contributed by atoms with Crippen LogP contribution >= 0.6 is 7.60 Å². The fourth-order valence-corrected chi connectivity index (χ4v) is 4.14. The SMILES string of the molecule is CCCCOP(=O)(OCCCC)c1cccc2ccccc12. The molecule has 0 saturated heterocycles. The van der Waals surface area contributed by atoms with Gasteiger partial charge in [0, 0.05) is 0 Å². The van der Waals surface area contributed by atoms with E-state index >= 15 is 0 Å². The molecule has 0 bridgehead atoms. The van der Waals surface area contributed by atoms with Crippen LogP contribution in [0, 0.1) is 0 Å². The fraction of sp³-hybridized carbons (Fsp3) is 0.444. The third-order valence-electron chi connectivity index (χ3n) is 3.58. The molecular formula is C18H25O3P. The van der Waals surface area contributed by atoms with Crippen molar-refractivity contribution in [1.29, 1.82) is 0 Å². The molecule has 0 aliphatic carbocycles. The van der Waals surface area contributed by atoms with Crippen molar-refractivity contribution < 1.29 is 13.6 Å². The monoisotopic (exact) mass is 320 g/mol. The molecule has 0 aliphatic rings. The molecule has 22 heavy (non-hydrogen) atoms. The van der Waals surface area contributed by atoms with Gasteiger partial charge in [-0.15, -0.1) is 0 Å². The lowest BCUT2D eigenvalue weighted by Crippen LogP contribution is -2.13. The van der Waals surface area contributed by atoms with E-state index in [1.165, 1.54) is 0 Å². The van der Waals surface area contributed by atoms with E-state index in [0.29, 0.717) is 18.5 Å². The molecule has 0 fully saturated rings. The zero-order chi connectivity index (χ0) is 15.8. The summed E-state index contributed by atoms with van der Waals surface area (Å²) in [4.78, 5) is 0. The summed E-state index contributed by atoms with van der Waals surface area (Å²) in [6, 6.07) is 13.7. The second-order valence-electron chi connectivity index (χ2n) is 5.37. The fourth-order valence-electron chi connectivity index (χ4n) is 2.28. The highest BCUT2D eigenvalue weighted by molar-refractivity contribution is 7.62. The molecule has 0 amide bonds. The van der Waals surface area contributed by atoms with Crippen LogP contribution in [0.1, 0.15) is 39.5 Å². The van der Waals surface area contributed by atoms with Crippen LogP contribution < -0.4 is 5.30 Å². The maximum Gasteiger partial charge on any atom is 0.361 e. The van der Waals surface area contributed by atoms with Crippen LogP contribution in [0.25, 0.3) is 10.8 Å². The Hall–Kier alpha value is -1.15. The second-order valence-corrected chi connectivity index (χ2v) is 7.36. The molecule has 0 atom stereocenters. The molecule has 0 saturated carbocycles. The molecule has 0 aromatic heterocycles. The molecule has 2 rings (SSSR count). The first kappa shape index (κ1) is 17.2. The van der Waals surface area contributed by atoms with Crippen molar-refractivity contribution in [2.45, 2.75) is 39.5 Å². The summed E-state index contributed by atoms with van der Waals surface area (Å²) in [5, 5.41) is 2.68. The zero-order valence-corrected chi connectivity index (χ0v) is 14.4. The highest BCUT2D eigenvalue weighted by atomic mass is 31.2. The Kier molecular flexibility index (Phi) is 6.63. The van der Waals surface area contributed by atoms with Crippen molar-refractivity contribution >= 4 is 23.7 Å². The highest BCUT2D eigenvalue weighted by Gasteiger charge is 2.29. The quantitative estimate of drug-likeness (QED) is 0.465. The van der Waals surface area contributed by atoms with Crippen LogP contribution in [0.15, 0.2) is 42.5 Å². The molecule has 3 nitrogen and oxygen atoms in total. The normalized spacial score (nSPS) is 11.9. The van der Waals surface area contributed by atoms with E-state index in [9.17, 15) is 4.57 Å². The Balaban J connectivity index is 2.35. The number of hydrogen-bond acceptors (Lipinski definition) is 3. The van der Waals surface area contributed by atoms with Gasteiger partial charge in [-0.25, -0.2) is 0 Å². The minimum Gasteiger partial charge on any atom is -0.305 e. The highest BCUT2D eigenvalue weighted by Crippen LogP contribution is 2.49. The van der Waals surface area contributed by atoms with Crippen LogP contribution in [0.2, 0.25) is 0 Å². The van der Waals surface area contributed by atoms with E-state index in [2.05, 4.69) is 13.8 Å². The van der Waals surface area contributed by atoms with Crippen LogP contribution in [0.3, 0.4) is 0 Å². The average molecular weight is 320 g/mol. The third kappa shape index (κ3) is 4.19. The maximum absolute atomic E-state index is 13.3. The number of benzene rings is 2. The minimum absolute atomic E-state index is 0.461. The van der Waals surface area contributed by atoms with Crippen molar-refractivity contribution in [3.8, 4) is 0 Å². The zero-order valence-electron chi connectivity index (χ0n) is 13.5. The largest absolute Gasteiger partial charge is 0.361 e. The van der Waals surface area contributed by atoms with Gasteiger partial charge in [0.05, 0.1) is 18.5 Å². The molecule has 4 heteroatoms. The number of hydrogen-bond donors (Lipinski definition) is 0. The molecular weight excluding hydrogens is 295 g/mol. The standard InChI is InChI=1S/C18H25O3P/c1-3-5-14-20-22(19,21-15-6-4-2)18-13-9-11-16-10-7-8-12-17(16)18/h7-13H,3-6,14-15H2,1-2H3. The molecule has 2 aromatic rings. The minimum atomic E-state index is -3.28. The van der Waals surface area contributed by atoms with Gasteiger partial charge < -0.3 is 9.05 Å². The van der Waals surface area contributed by atoms with E-state index in [1.54, 1.807) is 0 Å². The lowest BCUT2D eigenvalue weighted by atomic mass is 10.1. The summed E-state index contributed by atoms with van der Waals surface area (Å²) in [5.41, 5.74) is 0. The van der Waals surface area contributed by atoms with Crippen molar-refractivity contribution in [2.75, 3.05) is 13.2 Å². The van der Waals surface area contributed by atoms with Crippen molar-refractivity contribution in [2.24, 2.45) is 0 Å². The molecule has 2 aromatic carbocycles. The Morgan fingerprint density at radius 2 is 1.45 bits per heavy atom. The van der Waals surface area contributed by atoms with E-state index in [4.69, 9.17) is 9.05 Å². The van der Waals surface area contributed by atoms with E-state index in [-0.39, 0.29) is 0 Å².